The first-order valence-corrected chi connectivity index (χ1v) is 6.80. The second-order valence-corrected chi connectivity index (χ2v) is 4.59. The van der Waals surface area contributed by atoms with Gasteiger partial charge in [-0.1, -0.05) is 0 Å². The van der Waals surface area contributed by atoms with Gasteiger partial charge in [-0.15, -0.1) is 0 Å². The van der Waals surface area contributed by atoms with Crippen molar-refractivity contribution in [2.75, 3.05) is 11.9 Å². The van der Waals surface area contributed by atoms with Gasteiger partial charge in [0.25, 0.3) is 0 Å². The number of rotatable bonds is 6. The predicted octanol–water partition coefficient (Wildman–Crippen LogP) is 1.41. The maximum absolute atomic E-state index is 5.91. The van der Waals surface area contributed by atoms with Crippen molar-refractivity contribution in [1.82, 2.24) is 34.3 Å². The number of anilines is 1. The van der Waals surface area contributed by atoms with Crippen molar-refractivity contribution < 1.29 is 0 Å². The van der Waals surface area contributed by atoms with Crippen molar-refractivity contribution >= 4 is 17.5 Å². The lowest BCUT2D eigenvalue weighted by atomic mass is 10.4. The van der Waals surface area contributed by atoms with Crippen LogP contribution in [-0.4, -0.2) is 40.8 Å². The number of aryl methyl sites for hydroxylation is 1. The van der Waals surface area contributed by atoms with E-state index >= 15 is 0 Å². The molecule has 0 radical (unpaired) electrons. The zero-order valence-electron chi connectivity index (χ0n) is 11.1. The summed E-state index contributed by atoms with van der Waals surface area (Å²) in [6, 6.07) is 1.90. The van der Waals surface area contributed by atoms with Crippen LogP contribution in [0.3, 0.4) is 0 Å². The third-order valence-corrected chi connectivity index (χ3v) is 2.91. The Morgan fingerprint density at radius 3 is 2.86 bits per heavy atom. The number of nitrogens with one attached hydrogen (secondary N) is 1. The van der Waals surface area contributed by atoms with Gasteiger partial charge in [0.15, 0.2) is 0 Å². The fraction of sp³-hybridized carbons (Fsp3) is 0.250. The molecule has 0 saturated carbocycles. The van der Waals surface area contributed by atoms with Crippen LogP contribution in [-0.2, 0) is 6.54 Å². The van der Waals surface area contributed by atoms with Crippen molar-refractivity contribution in [2.45, 2.75) is 13.0 Å². The van der Waals surface area contributed by atoms with Crippen molar-refractivity contribution in [3.8, 4) is 5.95 Å². The highest BCUT2D eigenvalue weighted by molar-refractivity contribution is 6.28. The quantitative estimate of drug-likeness (QED) is 0.693. The number of imidazole rings is 1. The molecule has 0 saturated heterocycles. The van der Waals surface area contributed by atoms with Gasteiger partial charge >= 0.3 is 0 Å². The van der Waals surface area contributed by atoms with Crippen LogP contribution >= 0.6 is 11.6 Å². The Bertz CT molecular complexity index is 679. The van der Waals surface area contributed by atoms with Crippen molar-refractivity contribution in [1.29, 1.82) is 0 Å². The molecule has 0 unspecified atom stereocenters. The van der Waals surface area contributed by atoms with Crippen LogP contribution in [0.25, 0.3) is 5.95 Å². The van der Waals surface area contributed by atoms with Gasteiger partial charge in [-0.2, -0.15) is 20.1 Å². The maximum Gasteiger partial charge on any atom is 0.241 e. The van der Waals surface area contributed by atoms with Gasteiger partial charge in [-0.3, -0.25) is 9.25 Å². The first-order valence-electron chi connectivity index (χ1n) is 6.42. The lowest BCUT2D eigenvalue weighted by Gasteiger charge is -2.07. The van der Waals surface area contributed by atoms with E-state index in [2.05, 4.69) is 30.4 Å². The van der Waals surface area contributed by atoms with E-state index in [-0.39, 0.29) is 5.28 Å². The SMILES string of the molecule is Clc1nc(NCCCn2cccn2)nc(-n2ccnc2)n1. The topological polar surface area (TPSA) is 86.3 Å². The molecular formula is C12H13ClN8. The molecule has 3 aromatic heterocycles. The number of aromatic nitrogens is 7. The Morgan fingerprint density at radius 1 is 1.14 bits per heavy atom. The van der Waals surface area contributed by atoms with E-state index in [0.717, 1.165) is 13.0 Å². The largest absolute Gasteiger partial charge is 0.354 e. The highest BCUT2D eigenvalue weighted by atomic mass is 35.5. The van der Waals surface area contributed by atoms with Crippen LogP contribution < -0.4 is 5.32 Å². The molecule has 0 amide bonds. The summed E-state index contributed by atoms with van der Waals surface area (Å²) in [6.07, 6.45) is 9.58. The summed E-state index contributed by atoms with van der Waals surface area (Å²) >= 11 is 5.91. The molecule has 0 aliphatic carbocycles. The van der Waals surface area contributed by atoms with Gasteiger partial charge in [0.1, 0.15) is 6.33 Å². The predicted molar refractivity (Wildman–Crippen MR) is 77.3 cm³/mol. The molecule has 0 spiro atoms. The van der Waals surface area contributed by atoms with Gasteiger partial charge in [-0.05, 0) is 24.1 Å². The molecule has 3 heterocycles. The van der Waals surface area contributed by atoms with Gasteiger partial charge in [0.05, 0.1) is 0 Å². The molecule has 3 aromatic rings. The number of hydrogen-bond acceptors (Lipinski definition) is 6. The monoisotopic (exact) mass is 304 g/mol. The number of nitrogens with zero attached hydrogens (tertiary/aromatic N) is 7. The summed E-state index contributed by atoms with van der Waals surface area (Å²) in [5.74, 6) is 0.876. The Hall–Kier alpha value is -2.48. The minimum atomic E-state index is 0.142. The Kier molecular flexibility index (Phi) is 4.06. The normalized spacial score (nSPS) is 10.7. The minimum Gasteiger partial charge on any atom is -0.354 e. The molecule has 0 aromatic carbocycles. The van der Waals surface area contributed by atoms with E-state index in [1.54, 1.807) is 29.5 Å². The molecule has 0 aliphatic heterocycles. The molecule has 3 rings (SSSR count). The van der Waals surface area contributed by atoms with Crippen LogP contribution in [0.1, 0.15) is 6.42 Å². The average Bonchev–Trinajstić information content (AvgIpc) is 3.16. The second-order valence-electron chi connectivity index (χ2n) is 4.25. The Morgan fingerprint density at radius 2 is 2.10 bits per heavy atom. The van der Waals surface area contributed by atoms with Crippen molar-refractivity contribution in [3.05, 3.63) is 42.5 Å². The number of hydrogen-bond donors (Lipinski definition) is 1. The molecule has 21 heavy (non-hydrogen) atoms. The summed E-state index contributed by atoms with van der Waals surface area (Å²) in [6.45, 7) is 1.54. The lowest BCUT2D eigenvalue weighted by molar-refractivity contribution is 0.591. The standard InChI is InChI=1S/C12H13ClN8/c13-10-17-11(15-3-1-6-21-7-2-4-16-21)19-12(18-10)20-8-5-14-9-20/h2,4-5,7-9H,1,3,6H2,(H,15,17,18,19). The molecular weight excluding hydrogens is 292 g/mol. The van der Waals surface area contributed by atoms with Crippen LogP contribution in [0.4, 0.5) is 5.95 Å². The summed E-state index contributed by atoms with van der Waals surface area (Å²) in [5.41, 5.74) is 0. The first kappa shape index (κ1) is 13.5. The van der Waals surface area contributed by atoms with Crippen LogP contribution in [0.2, 0.25) is 5.28 Å². The molecule has 1 N–H and O–H groups in total. The number of halogens is 1. The molecule has 8 nitrogen and oxygen atoms in total. The highest BCUT2D eigenvalue weighted by Crippen LogP contribution is 2.09. The highest BCUT2D eigenvalue weighted by Gasteiger charge is 2.06. The summed E-state index contributed by atoms with van der Waals surface area (Å²) in [4.78, 5) is 16.4. The minimum absolute atomic E-state index is 0.142. The molecule has 0 fully saturated rings. The average molecular weight is 305 g/mol. The fourth-order valence-electron chi connectivity index (χ4n) is 1.79. The van der Waals surface area contributed by atoms with Crippen LogP contribution in [0, 0.1) is 0 Å². The lowest BCUT2D eigenvalue weighted by Crippen LogP contribution is -2.11. The van der Waals surface area contributed by atoms with E-state index in [4.69, 9.17) is 11.6 Å². The second kappa shape index (κ2) is 6.31. The molecule has 0 bridgehead atoms. The molecule has 108 valence electrons. The van der Waals surface area contributed by atoms with E-state index < -0.39 is 0 Å². The smallest absolute Gasteiger partial charge is 0.241 e. The van der Waals surface area contributed by atoms with Gasteiger partial charge in [0.2, 0.25) is 17.2 Å². The van der Waals surface area contributed by atoms with Crippen molar-refractivity contribution in [3.63, 3.8) is 0 Å². The summed E-state index contributed by atoms with van der Waals surface area (Å²) in [7, 11) is 0. The van der Waals surface area contributed by atoms with Crippen LogP contribution in [0.15, 0.2) is 37.2 Å². The third-order valence-electron chi connectivity index (χ3n) is 2.74. The van der Waals surface area contributed by atoms with E-state index in [1.807, 2.05) is 16.9 Å². The molecule has 0 aliphatic rings. The molecule has 9 heteroatoms. The maximum atomic E-state index is 5.91. The first-order chi connectivity index (χ1) is 10.3. The van der Waals surface area contributed by atoms with Gasteiger partial charge in [-0.25, -0.2) is 4.98 Å². The molecule has 0 atom stereocenters. The van der Waals surface area contributed by atoms with Crippen molar-refractivity contribution in [2.24, 2.45) is 0 Å². The Balaban J connectivity index is 1.60. The summed E-state index contributed by atoms with van der Waals surface area (Å²) < 4.78 is 3.54. The van der Waals surface area contributed by atoms with Gasteiger partial charge in [0, 0.05) is 37.9 Å². The summed E-state index contributed by atoms with van der Waals surface area (Å²) in [5, 5.41) is 7.41. The fourth-order valence-corrected chi connectivity index (χ4v) is 1.94. The van der Waals surface area contributed by atoms with E-state index in [9.17, 15) is 0 Å². The Labute approximate surface area is 125 Å². The zero-order valence-corrected chi connectivity index (χ0v) is 11.8. The van der Waals surface area contributed by atoms with E-state index in [0.29, 0.717) is 18.4 Å². The van der Waals surface area contributed by atoms with Crippen LogP contribution in [0.5, 0.6) is 0 Å². The third kappa shape index (κ3) is 3.54. The zero-order chi connectivity index (χ0) is 14.5. The van der Waals surface area contributed by atoms with Gasteiger partial charge < -0.3 is 5.32 Å². The van der Waals surface area contributed by atoms with E-state index in [1.165, 1.54) is 0 Å².